The van der Waals surface area contributed by atoms with Crippen molar-refractivity contribution in [3.05, 3.63) is 46.6 Å². The van der Waals surface area contributed by atoms with Gasteiger partial charge in [-0.2, -0.15) is 5.10 Å². The molecular formula is C25H37N7O. The quantitative estimate of drug-likeness (QED) is 0.645. The summed E-state index contributed by atoms with van der Waals surface area (Å²) in [4.78, 5) is 17.7. The Kier molecular flexibility index (Phi) is 7.79. The van der Waals surface area contributed by atoms with Crippen LogP contribution in [0.3, 0.4) is 0 Å². The highest BCUT2D eigenvalue weighted by Gasteiger charge is 2.28. The number of hydrogen-bond acceptors (Lipinski definition) is 8. The Morgan fingerprint density at radius 1 is 1.18 bits per heavy atom. The Hall–Kier alpha value is -2.87. The van der Waals surface area contributed by atoms with Crippen molar-refractivity contribution in [3.8, 4) is 0 Å². The van der Waals surface area contributed by atoms with Gasteiger partial charge in [0.05, 0.1) is 23.8 Å². The minimum atomic E-state index is -0.994. The summed E-state index contributed by atoms with van der Waals surface area (Å²) in [5.41, 5.74) is 4.12. The predicted molar refractivity (Wildman–Crippen MR) is 134 cm³/mol. The first kappa shape index (κ1) is 24.8. The van der Waals surface area contributed by atoms with E-state index in [1.807, 2.05) is 6.21 Å². The van der Waals surface area contributed by atoms with E-state index in [1.165, 1.54) is 16.7 Å². The molecule has 2 aromatic rings. The molecular weight excluding hydrogens is 414 g/mol. The van der Waals surface area contributed by atoms with Crippen LogP contribution in [0.5, 0.6) is 0 Å². The van der Waals surface area contributed by atoms with Crippen LogP contribution in [-0.2, 0) is 12.0 Å². The zero-order chi connectivity index (χ0) is 24.2. The number of piperazine rings is 1. The molecule has 8 heteroatoms. The minimum absolute atomic E-state index is 0.238. The molecule has 2 aromatic heterocycles. The molecule has 3 heterocycles. The van der Waals surface area contributed by atoms with E-state index in [2.05, 4.69) is 68.7 Å². The van der Waals surface area contributed by atoms with Crippen LogP contribution < -0.4 is 9.80 Å². The van der Waals surface area contributed by atoms with Crippen molar-refractivity contribution < 1.29 is 5.11 Å². The summed E-state index contributed by atoms with van der Waals surface area (Å²) in [6, 6.07) is 0.238. The highest BCUT2D eigenvalue weighted by atomic mass is 16.3. The maximum atomic E-state index is 10.1. The second kappa shape index (κ2) is 10.4. The molecule has 0 spiro atoms. The molecule has 0 aromatic carbocycles. The standard InChI is InChI=1S/C25H37N7O/c1-8-9-20(13-26-7)12-21-18(3)19(4)24(30-29-21)31-10-11-32(17(2)16-31)23-15-27-22(14-28-23)25(5,6)33/h9,13-15,17,33H,8,10-12,16H2,1-7H3/b20-9-,26-13?/t17-/m1/s1. The highest BCUT2D eigenvalue weighted by Crippen LogP contribution is 2.27. The van der Waals surface area contributed by atoms with Crippen LogP contribution in [0.2, 0.25) is 0 Å². The Morgan fingerprint density at radius 3 is 2.52 bits per heavy atom. The van der Waals surface area contributed by atoms with Crippen LogP contribution in [-0.4, -0.2) is 64.2 Å². The van der Waals surface area contributed by atoms with E-state index in [4.69, 9.17) is 0 Å². The Morgan fingerprint density at radius 2 is 1.94 bits per heavy atom. The Balaban J connectivity index is 1.74. The van der Waals surface area contributed by atoms with Gasteiger partial charge in [0.25, 0.3) is 0 Å². The number of rotatable bonds is 7. The van der Waals surface area contributed by atoms with Gasteiger partial charge in [0.15, 0.2) is 5.82 Å². The highest BCUT2D eigenvalue weighted by molar-refractivity contribution is 5.79. The van der Waals surface area contributed by atoms with E-state index < -0.39 is 5.60 Å². The van der Waals surface area contributed by atoms with Crippen LogP contribution >= 0.6 is 0 Å². The first-order valence-electron chi connectivity index (χ1n) is 11.7. The third-order valence-electron chi connectivity index (χ3n) is 6.22. The van der Waals surface area contributed by atoms with Gasteiger partial charge < -0.3 is 14.9 Å². The molecule has 1 atom stereocenters. The van der Waals surface area contributed by atoms with Crippen LogP contribution in [0.1, 0.15) is 56.6 Å². The van der Waals surface area contributed by atoms with Gasteiger partial charge >= 0.3 is 0 Å². The first-order chi connectivity index (χ1) is 15.7. The van der Waals surface area contributed by atoms with Gasteiger partial charge in [-0.05, 0) is 57.7 Å². The lowest BCUT2D eigenvalue weighted by Gasteiger charge is -2.41. The number of aromatic nitrogens is 4. The summed E-state index contributed by atoms with van der Waals surface area (Å²) in [6.07, 6.45) is 9.23. The number of hydrogen-bond donors (Lipinski definition) is 1. The SMILES string of the molecule is CC/C=C(\C=NC)Cc1nnc(N2CCN(c3cnc(C(C)(C)O)cn3)[C@H](C)C2)c(C)c1C. The van der Waals surface area contributed by atoms with Crippen molar-refractivity contribution in [3.63, 3.8) is 0 Å². The largest absolute Gasteiger partial charge is 0.384 e. The molecule has 0 amide bonds. The molecule has 0 unspecified atom stereocenters. The second-order valence-electron chi connectivity index (χ2n) is 9.28. The zero-order valence-corrected chi connectivity index (χ0v) is 21.0. The predicted octanol–water partition coefficient (Wildman–Crippen LogP) is 3.41. The molecule has 1 aliphatic heterocycles. The van der Waals surface area contributed by atoms with Crippen molar-refractivity contribution in [1.82, 2.24) is 20.2 Å². The van der Waals surface area contributed by atoms with Gasteiger partial charge in [-0.15, -0.1) is 5.10 Å². The van der Waals surface area contributed by atoms with E-state index in [1.54, 1.807) is 33.3 Å². The number of aliphatic hydroxyl groups is 1. The second-order valence-corrected chi connectivity index (χ2v) is 9.28. The van der Waals surface area contributed by atoms with E-state index in [-0.39, 0.29) is 6.04 Å². The van der Waals surface area contributed by atoms with Crippen LogP contribution in [0.15, 0.2) is 29.0 Å². The van der Waals surface area contributed by atoms with Crippen molar-refractivity contribution in [2.45, 2.75) is 66.0 Å². The van der Waals surface area contributed by atoms with Crippen LogP contribution in [0, 0.1) is 13.8 Å². The molecule has 1 fully saturated rings. The summed E-state index contributed by atoms with van der Waals surface area (Å²) >= 11 is 0. The average Bonchev–Trinajstić information content (AvgIpc) is 2.77. The van der Waals surface area contributed by atoms with Gasteiger partial charge in [0.1, 0.15) is 11.4 Å². The van der Waals surface area contributed by atoms with E-state index in [0.29, 0.717) is 5.69 Å². The molecule has 1 aliphatic rings. The summed E-state index contributed by atoms with van der Waals surface area (Å²) in [5, 5.41) is 19.4. The van der Waals surface area contributed by atoms with E-state index >= 15 is 0 Å². The molecule has 0 saturated carbocycles. The van der Waals surface area contributed by atoms with E-state index in [9.17, 15) is 5.11 Å². The summed E-state index contributed by atoms with van der Waals surface area (Å²) in [5.74, 6) is 1.79. The monoisotopic (exact) mass is 451 g/mol. The van der Waals surface area contributed by atoms with Gasteiger partial charge in [-0.25, -0.2) is 4.98 Å². The minimum Gasteiger partial charge on any atom is -0.384 e. The van der Waals surface area contributed by atoms with Gasteiger partial charge in [0.2, 0.25) is 0 Å². The summed E-state index contributed by atoms with van der Waals surface area (Å²) in [6.45, 7) is 14.5. The Labute approximate surface area is 197 Å². The molecule has 1 N–H and O–H groups in total. The molecule has 0 radical (unpaired) electrons. The molecule has 0 bridgehead atoms. The Bertz CT molecular complexity index is 1010. The molecule has 178 valence electrons. The zero-order valence-electron chi connectivity index (χ0n) is 21.0. The lowest BCUT2D eigenvalue weighted by Crippen LogP contribution is -2.53. The fourth-order valence-corrected chi connectivity index (χ4v) is 4.18. The number of anilines is 2. The van der Waals surface area contributed by atoms with Crippen molar-refractivity contribution >= 4 is 17.9 Å². The van der Waals surface area contributed by atoms with Gasteiger partial charge in [-0.3, -0.25) is 9.98 Å². The first-order valence-corrected chi connectivity index (χ1v) is 11.7. The summed E-state index contributed by atoms with van der Waals surface area (Å²) < 4.78 is 0. The third-order valence-corrected chi connectivity index (χ3v) is 6.22. The van der Waals surface area contributed by atoms with Crippen molar-refractivity contribution in [2.24, 2.45) is 4.99 Å². The van der Waals surface area contributed by atoms with Gasteiger partial charge in [-0.1, -0.05) is 13.0 Å². The fourth-order valence-electron chi connectivity index (χ4n) is 4.18. The van der Waals surface area contributed by atoms with Crippen LogP contribution in [0.4, 0.5) is 11.6 Å². The number of aliphatic imine (C=N–C) groups is 1. The number of nitrogens with zero attached hydrogens (tertiary/aromatic N) is 7. The molecule has 33 heavy (non-hydrogen) atoms. The van der Waals surface area contributed by atoms with Crippen molar-refractivity contribution in [2.75, 3.05) is 36.5 Å². The smallest absolute Gasteiger partial charge is 0.154 e. The van der Waals surface area contributed by atoms with Crippen molar-refractivity contribution in [1.29, 1.82) is 0 Å². The third kappa shape index (κ3) is 5.74. The van der Waals surface area contributed by atoms with Gasteiger partial charge in [0, 0.05) is 45.4 Å². The number of allylic oxidation sites excluding steroid dienone is 2. The molecule has 0 aliphatic carbocycles. The summed E-state index contributed by atoms with van der Waals surface area (Å²) in [7, 11) is 1.80. The molecule has 8 nitrogen and oxygen atoms in total. The fraction of sp³-hybridized carbons (Fsp3) is 0.560. The van der Waals surface area contributed by atoms with Crippen LogP contribution in [0.25, 0.3) is 0 Å². The average molecular weight is 452 g/mol. The lowest BCUT2D eigenvalue weighted by atomic mass is 10.0. The maximum absolute atomic E-state index is 10.1. The topological polar surface area (TPSA) is 90.6 Å². The lowest BCUT2D eigenvalue weighted by molar-refractivity contribution is 0.0734. The maximum Gasteiger partial charge on any atom is 0.154 e. The van der Waals surface area contributed by atoms with E-state index in [0.717, 1.165) is 49.8 Å². The molecule has 3 rings (SSSR count). The normalized spacial score (nSPS) is 17.8. The molecule has 1 saturated heterocycles.